The van der Waals surface area contributed by atoms with Gasteiger partial charge in [-0.25, -0.2) is 0 Å². The molecule has 1 aromatic rings. The van der Waals surface area contributed by atoms with Crippen molar-refractivity contribution in [3.63, 3.8) is 0 Å². The molecule has 1 atom stereocenters. The summed E-state index contributed by atoms with van der Waals surface area (Å²) in [6, 6.07) is 4.79. The molecular formula is C10H16N2S. The van der Waals surface area contributed by atoms with Gasteiger partial charge in [0.15, 0.2) is 0 Å². The van der Waals surface area contributed by atoms with Crippen molar-refractivity contribution >= 4 is 13.5 Å². The second-order valence-corrected chi connectivity index (χ2v) is 3.42. The summed E-state index contributed by atoms with van der Waals surface area (Å²) < 4.78 is 0. The van der Waals surface area contributed by atoms with Crippen molar-refractivity contribution in [2.24, 2.45) is 0 Å². The summed E-state index contributed by atoms with van der Waals surface area (Å²) in [6.45, 7) is 1.22. The molecular weight excluding hydrogens is 180 g/mol. The largest absolute Gasteiger partial charge is 0.299 e. The van der Waals surface area contributed by atoms with Crippen LogP contribution in [0.25, 0.3) is 0 Å². The van der Waals surface area contributed by atoms with E-state index in [2.05, 4.69) is 23.0 Å². The van der Waals surface area contributed by atoms with Gasteiger partial charge in [-0.1, -0.05) is 6.07 Å². The molecule has 0 spiro atoms. The monoisotopic (exact) mass is 196 g/mol. The quantitative estimate of drug-likeness (QED) is 0.682. The lowest BCUT2D eigenvalue weighted by Crippen LogP contribution is -2.17. The molecule has 1 aliphatic rings. The molecule has 2 nitrogen and oxygen atoms in total. The highest BCUT2D eigenvalue weighted by Crippen LogP contribution is 2.29. The molecule has 1 saturated heterocycles. The Balaban J connectivity index is 0.000000845. The van der Waals surface area contributed by atoms with Crippen LogP contribution < -0.4 is 0 Å². The molecule has 2 rings (SSSR count). The Morgan fingerprint density at radius 3 is 2.92 bits per heavy atom. The number of hydrogen-bond acceptors (Lipinski definition) is 2. The molecule has 13 heavy (non-hydrogen) atoms. The van der Waals surface area contributed by atoms with Gasteiger partial charge in [-0.3, -0.25) is 9.88 Å². The first-order chi connectivity index (χ1) is 5.88. The summed E-state index contributed by atoms with van der Waals surface area (Å²) >= 11 is 0. The first-order valence-electron chi connectivity index (χ1n) is 4.48. The molecule has 1 aliphatic heterocycles. The highest BCUT2D eigenvalue weighted by atomic mass is 32.1. The molecule has 1 fully saturated rings. The second kappa shape index (κ2) is 4.63. The van der Waals surface area contributed by atoms with Crippen LogP contribution in [0.3, 0.4) is 0 Å². The van der Waals surface area contributed by atoms with Crippen molar-refractivity contribution < 1.29 is 0 Å². The van der Waals surface area contributed by atoms with E-state index in [1.807, 2.05) is 18.5 Å². The molecule has 0 unspecified atom stereocenters. The highest BCUT2D eigenvalue weighted by Gasteiger charge is 2.21. The fraction of sp³-hybridized carbons (Fsp3) is 0.500. The normalized spacial score (nSPS) is 22.7. The van der Waals surface area contributed by atoms with E-state index in [0.29, 0.717) is 6.04 Å². The number of likely N-dealkylation sites (tertiary alicyclic amines) is 1. The maximum Gasteiger partial charge on any atom is 0.0360 e. The average molecular weight is 196 g/mol. The number of nitrogens with zero attached hydrogens (tertiary/aromatic N) is 2. The number of rotatable bonds is 1. The molecule has 2 heterocycles. The van der Waals surface area contributed by atoms with Gasteiger partial charge >= 0.3 is 0 Å². The molecule has 3 heteroatoms. The van der Waals surface area contributed by atoms with Gasteiger partial charge in [0, 0.05) is 18.4 Å². The standard InChI is InChI=1S/C10H14N2.H2S/c1-12-7-3-5-10(12)9-4-2-6-11-8-9;/h2,4,6,8,10H,3,5,7H2,1H3;1H2/t10-;/m0./s1. The maximum atomic E-state index is 4.14. The van der Waals surface area contributed by atoms with Crippen molar-refractivity contribution in [2.45, 2.75) is 18.9 Å². The summed E-state index contributed by atoms with van der Waals surface area (Å²) in [7, 11) is 2.19. The van der Waals surface area contributed by atoms with Crippen LogP contribution in [0.4, 0.5) is 0 Å². The van der Waals surface area contributed by atoms with Crippen molar-refractivity contribution in [3.8, 4) is 0 Å². The van der Waals surface area contributed by atoms with Crippen LogP contribution in [0.2, 0.25) is 0 Å². The summed E-state index contributed by atoms with van der Waals surface area (Å²) in [4.78, 5) is 6.54. The SMILES string of the molecule is CN1CCC[C@H]1c1cccnc1.S. The first-order valence-corrected chi connectivity index (χ1v) is 4.48. The van der Waals surface area contributed by atoms with Gasteiger partial charge in [0.05, 0.1) is 0 Å². The van der Waals surface area contributed by atoms with Crippen LogP contribution in [0.5, 0.6) is 0 Å². The summed E-state index contributed by atoms with van der Waals surface area (Å²) in [5.41, 5.74) is 1.36. The Hall–Kier alpha value is -0.540. The van der Waals surface area contributed by atoms with Gasteiger partial charge in [0.1, 0.15) is 0 Å². The molecule has 0 saturated carbocycles. The fourth-order valence-corrected chi connectivity index (χ4v) is 1.90. The summed E-state index contributed by atoms with van der Waals surface area (Å²) in [5, 5.41) is 0. The Bertz CT molecular complexity index is 250. The molecule has 0 bridgehead atoms. The number of hydrogen-bond donors (Lipinski definition) is 0. The molecule has 0 aromatic carbocycles. The highest BCUT2D eigenvalue weighted by molar-refractivity contribution is 7.59. The summed E-state index contributed by atoms with van der Waals surface area (Å²) in [5.74, 6) is 0. The third-order valence-corrected chi connectivity index (χ3v) is 2.59. The van der Waals surface area contributed by atoms with Crippen LogP contribution in [0.15, 0.2) is 24.5 Å². The van der Waals surface area contributed by atoms with Gasteiger partial charge < -0.3 is 0 Å². The van der Waals surface area contributed by atoms with E-state index in [0.717, 1.165) is 0 Å². The zero-order valence-corrected chi connectivity index (χ0v) is 8.90. The molecule has 72 valence electrons. The van der Waals surface area contributed by atoms with Crippen LogP contribution in [0, 0.1) is 0 Å². The van der Waals surface area contributed by atoms with Crippen molar-refractivity contribution in [1.82, 2.24) is 9.88 Å². The van der Waals surface area contributed by atoms with E-state index in [9.17, 15) is 0 Å². The van der Waals surface area contributed by atoms with Gasteiger partial charge in [0.2, 0.25) is 0 Å². The smallest absolute Gasteiger partial charge is 0.0360 e. The van der Waals surface area contributed by atoms with Gasteiger partial charge in [-0.2, -0.15) is 13.5 Å². The van der Waals surface area contributed by atoms with E-state index in [1.165, 1.54) is 24.9 Å². The average Bonchev–Trinajstić information content (AvgIpc) is 2.53. The second-order valence-electron chi connectivity index (χ2n) is 3.42. The van der Waals surface area contributed by atoms with Crippen LogP contribution in [-0.4, -0.2) is 23.5 Å². The topological polar surface area (TPSA) is 16.1 Å². The van der Waals surface area contributed by atoms with Crippen molar-refractivity contribution in [1.29, 1.82) is 0 Å². The van der Waals surface area contributed by atoms with Crippen LogP contribution in [-0.2, 0) is 0 Å². The van der Waals surface area contributed by atoms with E-state index in [4.69, 9.17) is 0 Å². The van der Waals surface area contributed by atoms with E-state index >= 15 is 0 Å². The lowest BCUT2D eigenvalue weighted by molar-refractivity contribution is 0.317. The third-order valence-electron chi connectivity index (χ3n) is 2.59. The first kappa shape index (κ1) is 10.5. The molecule has 0 aliphatic carbocycles. The van der Waals surface area contributed by atoms with Gasteiger partial charge in [-0.15, -0.1) is 0 Å². The molecule has 0 radical (unpaired) electrons. The zero-order valence-electron chi connectivity index (χ0n) is 7.90. The minimum Gasteiger partial charge on any atom is -0.299 e. The Kier molecular flexibility index (Phi) is 3.75. The lowest BCUT2D eigenvalue weighted by Gasteiger charge is -2.18. The van der Waals surface area contributed by atoms with Crippen molar-refractivity contribution in [3.05, 3.63) is 30.1 Å². The number of aromatic nitrogens is 1. The van der Waals surface area contributed by atoms with Gasteiger partial charge in [0.25, 0.3) is 0 Å². The molecule has 1 aromatic heterocycles. The van der Waals surface area contributed by atoms with E-state index < -0.39 is 0 Å². The van der Waals surface area contributed by atoms with E-state index in [-0.39, 0.29) is 13.5 Å². The Morgan fingerprint density at radius 1 is 1.54 bits per heavy atom. The van der Waals surface area contributed by atoms with Crippen molar-refractivity contribution in [2.75, 3.05) is 13.6 Å². The molecule has 0 amide bonds. The predicted octanol–water partition coefficient (Wildman–Crippen LogP) is 1.96. The minimum absolute atomic E-state index is 0. The van der Waals surface area contributed by atoms with Gasteiger partial charge in [-0.05, 0) is 38.1 Å². The van der Waals surface area contributed by atoms with Crippen LogP contribution >= 0.6 is 13.5 Å². The summed E-state index contributed by atoms with van der Waals surface area (Å²) in [6.07, 6.45) is 6.41. The Labute approximate surface area is 86.4 Å². The third kappa shape index (κ3) is 2.23. The number of pyridine rings is 1. The minimum atomic E-state index is 0. The van der Waals surface area contributed by atoms with Crippen LogP contribution in [0.1, 0.15) is 24.4 Å². The molecule has 0 N–H and O–H groups in total. The zero-order chi connectivity index (χ0) is 8.39. The lowest BCUT2D eigenvalue weighted by atomic mass is 10.1. The van der Waals surface area contributed by atoms with E-state index in [1.54, 1.807) is 0 Å². The predicted molar refractivity (Wildman–Crippen MR) is 59.2 cm³/mol. The Morgan fingerprint density at radius 2 is 2.38 bits per heavy atom. The fourth-order valence-electron chi connectivity index (χ4n) is 1.90. The maximum absolute atomic E-state index is 4.14.